The molecule has 1 unspecified atom stereocenters. The molecule has 128 valence electrons. The molecule has 0 saturated carbocycles. The molecular formula is C16H27N5O2. The summed E-state index contributed by atoms with van der Waals surface area (Å²) in [6.45, 7) is 7.91. The van der Waals surface area contributed by atoms with Gasteiger partial charge in [-0.25, -0.2) is 4.98 Å². The van der Waals surface area contributed by atoms with Gasteiger partial charge in [0.15, 0.2) is 0 Å². The minimum atomic E-state index is 0.0485. The van der Waals surface area contributed by atoms with Gasteiger partial charge in [-0.05, 0) is 7.05 Å². The first-order valence-electron chi connectivity index (χ1n) is 8.33. The molecule has 1 fully saturated rings. The molecule has 0 aromatic carbocycles. The van der Waals surface area contributed by atoms with Crippen LogP contribution in [0.25, 0.3) is 0 Å². The third-order valence-corrected chi connectivity index (χ3v) is 4.80. The lowest BCUT2D eigenvalue weighted by molar-refractivity contribution is -0.136. The molecule has 3 rings (SSSR count). The van der Waals surface area contributed by atoms with Crippen LogP contribution in [0.4, 0.5) is 0 Å². The van der Waals surface area contributed by atoms with Gasteiger partial charge in [-0.2, -0.15) is 0 Å². The van der Waals surface area contributed by atoms with E-state index in [1.807, 2.05) is 17.3 Å². The van der Waals surface area contributed by atoms with E-state index in [9.17, 15) is 4.79 Å². The quantitative estimate of drug-likeness (QED) is 0.764. The van der Waals surface area contributed by atoms with Gasteiger partial charge in [0.2, 0.25) is 5.91 Å². The van der Waals surface area contributed by atoms with Gasteiger partial charge in [-0.1, -0.05) is 0 Å². The Kier molecular flexibility index (Phi) is 5.30. The van der Waals surface area contributed by atoms with Gasteiger partial charge >= 0.3 is 0 Å². The molecule has 0 bridgehead atoms. The van der Waals surface area contributed by atoms with Crippen LogP contribution in [0.5, 0.6) is 0 Å². The highest BCUT2D eigenvalue weighted by Crippen LogP contribution is 2.17. The minimum Gasteiger partial charge on any atom is -0.375 e. The largest absolute Gasteiger partial charge is 0.375 e. The number of hydrogen-bond donors (Lipinski definition) is 0. The third-order valence-electron chi connectivity index (χ3n) is 4.80. The van der Waals surface area contributed by atoms with Crippen LogP contribution in [0.2, 0.25) is 0 Å². The summed E-state index contributed by atoms with van der Waals surface area (Å²) in [5.74, 6) is 1.44. The monoisotopic (exact) mass is 321 g/mol. The summed E-state index contributed by atoms with van der Waals surface area (Å²) in [7, 11) is 3.74. The van der Waals surface area contributed by atoms with Crippen molar-refractivity contribution in [2.24, 2.45) is 5.92 Å². The summed E-state index contributed by atoms with van der Waals surface area (Å²) < 4.78 is 7.23. The first-order valence-corrected chi connectivity index (χ1v) is 8.33. The Morgan fingerprint density at radius 2 is 2.09 bits per heavy atom. The van der Waals surface area contributed by atoms with E-state index in [4.69, 9.17) is 4.74 Å². The third kappa shape index (κ3) is 4.10. The second-order valence-electron chi connectivity index (χ2n) is 6.67. The lowest BCUT2D eigenvalue weighted by Crippen LogP contribution is -2.48. The Labute approximate surface area is 137 Å². The Morgan fingerprint density at radius 3 is 2.83 bits per heavy atom. The maximum atomic E-state index is 12.3. The molecule has 7 heteroatoms. The molecule has 1 amide bonds. The topological polar surface area (TPSA) is 53.8 Å². The Bertz CT molecular complexity index is 524. The number of amides is 1. The number of piperazine rings is 1. The lowest BCUT2D eigenvalue weighted by atomic mass is 10.1. The fraction of sp³-hybridized carbons (Fsp3) is 0.750. The maximum absolute atomic E-state index is 12.3. The van der Waals surface area contributed by atoms with Gasteiger partial charge in [-0.15, -0.1) is 0 Å². The Morgan fingerprint density at radius 1 is 1.30 bits per heavy atom. The molecule has 1 atom stereocenters. The van der Waals surface area contributed by atoms with Crippen molar-refractivity contribution in [2.45, 2.75) is 13.1 Å². The number of hydrogen-bond acceptors (Lipinski definition) is 5. The van der Waals surface area contributed by atoms with Crippen LogP contribution < -0.4 is 0 Å². The van der Waals surface area contributed by atoms with E-state index < -0.39 is 0 Å². The van der Waals surface area contributed by atoms with E-state index in [0.717, 1.165) is 51.6 Å². The normalized spacial score (nSPS) is 23.6. The summed E-state index contributed by atoms with van der Waals surface area (Å²) in [4.78, 5) is 23.5. The molecule has 23 heavy (non-hydrogen) atoms. The zero-order valence-corrected chi connectivity index (χ0v) is 14.1. The number of fused-ring (bicyclic) bond motifs is 1. The highest BCUT2D eigenvalue weighted by atomic mass is 16.5. The van der Waals surface area contributed by atoms with Gasteiger partial charge in [0.25, 0.3) is 0 Å². The highest BCUT2D eigenvalue weighted by Gasteiger charge is 2.27. The number of nitrogens with zero attached hydrogens (tertiary/aromatic N) is 5. The van der Waals surface area contributed by atoms with Crippen LogP contribution in [-0.4, -0.2) is 90.2 Å². The van der Waals surface area contributed by atoms with Crippen molar-refractivity contribution >= 4 is 5.91 Å². The van der Waals surface area contributed by atoms with Crippen molar-refractivity contribution in [3.05, 3.63) is 18.2 Å². The van der Waals surface area contributed by atoms with E-state index in [0.29, 0.717) is 12.5 Å². The maximum Gasteiger partial charge on any atom is 0.248 e. The fourth-order valence-corrected chi connectivity index (χ4v) is 3.46. The number of aromatic nitrogens is 2. The first-order chi connectivity index (χ1) is 11.2. The molecule has 2 aliphatic rings. The van der Waals surface area contributed by atoms with E-state index in [1.165, 1.54) is 0 Å². The summed E-state index contributed by atoms with van der Waals surface area (Å²) in [6.07, 6.45) is 3.85. The standard InChI is InChI=1S/C16H27N5O2/c1-18-5-7-19(8-6-18)9-14-10-20-4-3-17-15(20)12-21(11-14)16(22)13-23-2/h3-4,14H,5-13H2,1-2H3. The van der Waals surface area contributed by atoms with Crippen LogP contribution in [0.15, 0.2) is 12.4 Å². The average Bonchev–Trinajstić information content (AvgIpc) is 2.88. The van der Waals surface area contributed by atoms with Crippen molar-refractivity contribution in [2.75, 3.05) is 60.0 Å². The SMILES string of the molecule is COCC(=O)N1Cc2nccn2CC(CN2CCN(C)CC2)C1. The molecule has 1 aromatic heterocycles. The number of rotatable bonds is 4. The summed E-state index contributed by atoms with van der Waals surface area (Å²) in [6, 6.07) is 0. The Balaban J connectivity index is 1.68. The van der Waals surface area contributed by atoms with Crippen molar-refractivity contribution < 1.29 is 9.53 Å². The molecular weight excluding hydrogens is 294 g/mol. The van der Waals surface area contributed by atoms with Crippen molar-refractivity contribution in [1.29, 1.82) is 0 Å². The van der Waals surface area contributed by atoms with Crippen LogP contribution >= 0.6 is 0 Å². The second-order valence-corrected chi connectivity index (χ2v) is 6.67. The predicted octanol–water partition coefficient (Wildman–Crippen LogP) is -0.265. The van der Waals surface area contributed by atoms with Gasteiger partial charge in [0.05, 0.1) is 6.54 Å². The van der Waals surface area contributed by atoms with Crippen LogP contribution in [-0.2, 0) is 22.6 Å². The number of carbonyl (C=O) groups excluding carboxylic acids is 1. The molecule has 0 radical (unpaired) electrons. The zero-order chi connectivity index (χ0) is 16.2. The number of likely N-dealkylation sites (N-methyl/N-ethyl adjacent to an activating group) is 1. The number of methoxy groups -OCH3 is 1. The van der Waals surface area contributed by atoms with Crippen LogP contribution in [0, 0.1) is 5.92 Å². The average molecular weight is 321 g/mol. The van der Waals surface area contributed by atoms with Crippen LogP contribution in [0.1, 0.15) is 5.82 Å². The zero-order valence-electron chi connectivity index (χ0n) is 14.1. The molecule has 7 nitrogen and oxygen atoms in total. The number of ether oxygens (including phenoxy) is 1. The van der Waals surface area contributed by atoms with Gasteiger partial charge in [0, 0.05) is 71.2 Å². The van der Waals surface area contributed by atoms with Gasteiger partial charge < -0.3 is 24.0 Å². The van der Waals surface area contributed by atoms with Crippen molar-refractivity contribution in [3.63, 3.8) is 0 Å². The Hall–Kier alpha value is -1.44. The minimum absolute atomic E-state index is 0.0485. The van der Waals surface area contributed by atoms with Gasteiger partial charge in [0.1, 0.15) is 12.4 Å². The molecule has 2 aliphatic heterocycles. The van der Waals surface area contributed by atoms with E-state index in [1.54, 1.807) is 7.11 Å². The van der Waals surface area contributed by atoms with Crippen molar-refractivity contribution in [3.8, 4) is 0 Å². The molecule has 1 saturated heterocycles. The molecule has 1 aromatic rings. The molecule has 0 aliphatic carbocycles. The van der Waals surface area contributed by atoms with Crippen LogP contribution in [0.3, 0.4) is 0 Å². The fourth-order valence-electron chi connectivity index (χ4n) is 3.46. The summed E-state index contributed by atoms with van der Waals surface area (Å²) in [5, 5.41) is 0. The summed E-state index contributed by atoms with van der Waals surface area (Å²) in [5.41, 5.74) is 0. The predicted molar refractivity (Wildman–Crippen MR) is 86.9 cm³/mol. The van der Waals surface area contributed by atoms with Gasteiger partial charge in [-0.3, -0.25) is 4.79 Å². The smallest absolute Gasteiger partial charge is 0.248 e. The van der Waals surface area contributed by atoms with E-state index >= 15 is 0 Å². The van der Waals surface area contributed by atoms with E-state index in [-0.39, 0.29) is 12.5 Å². The highest BCUT2D eigenvalue weighted by molar-refractivity contribution is 5.77. The van der Waals surface area contributed by atoms with Crippen molar-refractivity contribution in [1.82, 2.24) is 24.3 Å². The molecule has 0 spiro atoms. The lowest BCUT2D eigenvalue weighted by Gasteiger charge is -2.35. The first kappa shape index (κ1) is 16.4. The van der Waals surface area contributed by atoms with E-state index in [2.05, 4.69) is 26.4 Å². The number of carbonyl (C=O) groups is 1. The second kappa shape index (κ2) is 7.42. The molecule has 0 N–H and O–H groups in total. The number of imidazole rings is 1. The summed E-state index contributed by atoms with van der Waals surface area (Å²) >= 11 is 0. The molecule has 3 heterocycles.